The molecule has 0 bridgehead atoms. The number of nitrogens with zero attached hydrogens (tertiary/aromatic N) is 4. The lowest BCUT2D eigenvalue weighted by Gasteiger charge is -2.31. The van der Waals surface area contributed by atoms with E-state index in [0.717, 1.165) is 39.0 Å². The third-order valence-electron chi connectivity index (χ3n) is 4.98. The Bertz CT molecular complexity index is 850. The number of aromatic carboxylic acids is 1. The molecule has 1 aromatic heterocycles. The van der Waals surface area contributed by atoms with Crippen molar-refractivity contribution in [1.82, 2.24) is 19.9 Å². The number of nitrogens with one attached hydrogen (secondary N) is 1. The standard InChI is InChI=1S/C19H22Cl3N5O2/c1-2-27-9-7-12(8-10-27)11-23-18-25-15(24-17(26-18)19(20,21)22)13-3-5-14(6-4-13)16(28)29/h3-6,12H,2,7-11H2,1H3,(H,28,29)(H,23,24,25,26). The number of piperidine rings is 1. The number of aromatic nitrogens is 3. The van der Waals surface area contributed by atoms with Gasteiger partial charge < -0.3 is 15.3 Å². The number of benzene rings is 1. The van der Waals surface area contributed by atoms with E-state index in [-0.39, 0.29) is 11.4 Å². The number of anilines is 1. The van der Waals surface area contributed by atoms with E-state index < -0.39 is 9.76 Å². The minimum atomic E-state index is -1.80. The zero-order valence-electron chi connectivity index (χ0n) is 15.9. The molecule has 0 aliphatic carbocycles. The second-order valence-electron chi connectivity index (χ2n) is 6.95. The first-order valence-corrected chi connectivity index (χ1v) is 10.5. The zero-order chi connectivity index (χ0) is 21.0. The molecule has 0 radical (unpaired) electrons. The lowest BCUT2D eigenvalue weighted by atomic mass is 9.97. The Labute approximate surface area is 184 Å². The van der Waals surface area contributed by atoms with E-state index >= 15 is 0 Å². The monoisotopic (exact) mass is 457 g/mol. The third-order valence-corrected chi connectivity index (χ3v) is 5.49. The highest BCUT2D eigenvalue weighted by atomic mass is 35.6. The van der Waals surface area contributed by atoms with Gasteiger partial charge in [-0.05, 0) is 50.5 Å². The average Bonchev–Trinajstić information content (AvgIpc) is 2.72. The fourth-order valence-electron chi connectivity index (χ4n) is 3.22. The number of likely N-dealkylation sites (tertiary alicyclic amines) is 1. The molecule has 0 amide bonds. The number of hydrogen-bond donors (Lipinski definition) is 2. The number of carbonyl (C=O) groups is 1. The van der Waals surface area contributed by atoms with E-state index in [0.29, 0.717) is 23.3 Å². The van der Waals surface area contributed by atoms with Gasteiger partial charge in [-0.25, -0.2) is 9.78 Å². The second-order valence-corrected chi connectivity index (χ2v) is 9.23. The summed E-state index contributed by atoms with van der Waals surface area (Å²) >= 11 is 18.0. The van der Waals surface area contributed by atoms with Gasteiger partial charge in [0.2, 0.25) is 9.74 Å². The number of carboxylic acids is 1. The van der Waals surface area contributed by atoms with Crippen LogP contribution in [0.5, 0.6) is 0 Å². The van der Waals surface area contributed by atoms with Crippen LogP contribution in [0, 0.1) is 5.92 Å². The van der Waals surface area contributed by atoms with Gasteiger partial charge in [-0.3, -0.25) is 0 Å². The minimum Gasteiger partial charge on any atom is -0.478 e. The largest absolute Gasteiger partial charge is 0.478 e. The molecular formula is C19H22Cl3N5O2. The number of carboxylic acid groups (broad SMARTS) is 1. The molecule has 3 rings (SSSR count). The summed E-state index contributed by atoms with van der Waals surface area (Å²) in [6.07, 6.45) is 2.21. The summed E-state index contributed by atoms with van der Waals surface area (Å²) in [6.45, 7) is 6.13. The molecule has 2 N–H and O–H groups in total. The fraction of sp³-hybridized carbons (Fsp3) is 0.474. The van der Waals surface area contributed by atoms with Crippen molar-refractivity contribution in [1.29, 1.82) is 0 Å². The minimum absolute atomic E-state index is 0.0121. The number of rotatable bonds is 6. The van der Waals surface area contributed by atoms with E-state index in [1.807, 2.05) is 0 Å². The van der Waals surface area contributed by atoms with Gasteiger partial charge in [0.15, 0.2) is 11.6 Å². The molecule has 1 saturated heterocycles. The molecule has 156 valence electrons. The molecule has 0 unspecified atom stereocenters. The van der Waals surface area contributed by atoms with Gasteiger partial charge in [-0.2, -0.15) is 9.97 Å². The molecule has 29 heavy (non-hydrogen) atoms. The molecule has 0 spiro atoms. The Hall–Kier alpha value is -1.67. The summed E-state index contributed by atoms with van der Waals surface area (Å²) in [4.78, 5) is 26.4. The van der Waals surface area contributed by atoms with Crippen molar-refractivity contribution in [2.24, 2.45) is 5.92 Å². The highest BCUT2D eigenvalue weighted by molar-refractivity contribution is 6.66. The molecule has 1 fully saturated rings. The molecule has 1 aliphatic rings. The van der Waals surface area contributed by atoms with E-state index in [1.54, 1.807) is 12.1 Å². The Morgan fingerprint density at radius 1 is 1.17 bits per heavy atom. The summed E-state index contributed by atoms with van der Waals surface area (Å²) in [6, 6.07) is 6.19. The first kappa shape index (κ1) is 22.0. The molecule has 1 aliphatic heterocycles. The maximum atomic E-state index is 11.1. The van der Waals surface area contributed by atoms with Crippen LogP contribution in [-0.4, -0.2) is 57.1 Å². The van der Waals surface area contributed by atoms with Crippen LogP contribution in [0.2, 0.25) is 0 Å². The number of halogens is 3. The summed E-state index contributed by atoms with van der Waals surface area (Å²) < 4.78 is -1.80. The molecule has 1 aromatic carbocycles. The maximum Gasteiger partial charge on any atom is 0.335 e. The van der Waals surface area contributed by atoms with Crippen LogP contribution in [0.4, 0.5) is 5.95 Å². The first-order chi connectivity index (χ1) is 13.8. The van der Waals surface area contributed by atoms with Crippen LogP contribution < -0.4 is 5.32 Å². The van der Waals surface area contributed by atoms with E-state index in [4.69, 9.17) is 39.9 Å². The van der Waals surface area contributed by atoms with Gasteiger partial charge in [-0.1, -0.05) is 53.9 Å². The average molecular weight is 459 g/mol. The smallest absolute Gasteiger partial charge is 0.335 e. The summed E-state index contributed by atoms with van der Waals surface area (Å²) in [5, 5.41) is 12.3. The fourth-order valence-corrected chi connectivity index (χ4v) is 3.47. The lowest BCUT2D eigenvalue weighted by molar-refractivity contribution is 0.0697. The van der Waals surface area contributed by atoms with Gasteiger partial charge >= 0.3 is 5.97 Å². The molecule has 2 heterocycles. The van der Waals surface area contributed by atoms with Crippen molar-refractivity contribution in [3.63, 3.8) is 0 Å². The highest BCUT2D eigenvalue weighted by Gasteiger charge is 2.29. The molecule has 10 heteroatoms. The quantitative estimate of drug-likeness (QED) is 0.627. The van der Waals surface area contributed by atoms with Gasteiger partial charge in [0, 0.05) is 12.1 Å². The van der Waals surface area contributed by atoms with Crippen molar-refractivity contribution in [3.05, 3.63) is 35.7 Å². The SMILES string of the molecule is CCN1CCC(CNc2nc(-c3ccc(C(=O)O)cc3)nc(C(Cl)(Cl)Cl)n2)CC1. The van der Waals surface area contributed by atoms with Gasteiger partial charge in [-0.15, -0.1) is 0 Å². The zero-order valence-corrected chi connectivity index (χ0v) is 18.2. The summed E-state index contributed by atoms with van der Waals surface area (Å²) in [7, 11) is 0. The predicted molar refractivity (Wildman–Crippen MR) is 115 cm³/mol. The van der Waals surface area contributed by atoms with Crippen LogP contribution in [-0.2, 0) is 3.79 Å². The Morgan fingerprint density at radius 3 is 2.38 bits per heavy atom. The second kappa shape index (κ2) is 9.43. The molecular weight excluding hydrogens is 437 g/mol. The predicted octanol–water partition coefficient (Wildman–Crippen LogP) is 4.21. The highest BCUT2D eigenvalue weighted by Crippen LogP contribution is 2.37. The summed E-state index contributed by atoms with van der Waals surface area (Å²) in [5.41, 5.74) is 0.772. The number of hydrogen-bond acceptors (Lipinski definition) is 6. The number of alkyl halides is 3. The van der Waals surface area contributed by atoms with Crippen molar-refractivity contribution in [2.45, 2.75) is 23.6 Å². The van der Waals surface area contributed by atoms with Gasteiger partial charge in [0.25, 0.3) is 0 Å². The van der Waals surface area contributed by atoms with E-state index in [2.05, 4.69) is 32.1 Å². The Balaban J connectivity index is 1.80. The molecule has 2 aromatic rings. The van der Waals surface area contributed by atoms with Crippen molar-refractivity contribution in [2.75, 3.05) is 31.5 Å². The van der Waals surface area contributed by atoms with E-state index in [9.17, 15) is 4.79 Å². The Morgan fingerprint density at radius 2 is 1.83 bits per heavy atom. The van der Waals surface area contributed by atoms with Crippen LogP contribution in [0.25, 0.3) is 11.4 Å². The van der Waals surface area contributed by atoms with Crippen molar-refractivity contribution < 1.29 is 9.90 Å². The normalized spacial score (nSPS) is 16.0. The third kappa shape index (κ3) is 5.92. The van der Waals surface area contributed by atoms with Gasteiger partial charge in [0.1, 0.15) is 0 Å². The van der Waals surface area contributed by atoms with E-state index in [1.165, 1.54) is 12.1 Å². The van der Waals surface area contributed by atoms with Crippen molar-refractivity contribution >= 4 is 46.7 Å². The van der Waals surface area contributed by atoms with Crippen LogP contribution in [0.3, 0.4) is 0 Å². The molecule has 7 nitrogen and oxygen atoms in total. The van der Waals surface area contributed by atoms with Gasteiger partial charge in [0.05, 0.1) is 5.56 Å². The summed E-state index contributed by atoms with van der Waals surface area (Å²) in [5.74, 6) is 0.158. The maximum absolute atomic E-state index is 11.1. The topological polar surface area (TPSA) is 91.2 Å². The first-order valence-electron chi connectivity index (χ1n) is 9.39. The van der Waals surface area contributed by atoms with Crippen LogP contribution in [0.1, 0.15) is 35.9 Å². The van der Waals surface area contributed by atoms with Crippen LogP contribution in [0.15, 0.2) is 24.3 Å². The molecule has 0 atom stereocenters. The van der Waals surface area contributed by atoms with Crippen LogP contribution >= 0.6 is 34.8 Å². The van der Waals surface area contributed by atoms with Crippen molar-refractivity contribution in [3.8, 4) is 11.4 Å². The lowest BCUT2D eigenvalue weighted by Crippen LogP contribution is -2.35. The molecule has 0 saturated carbocycles. The Kier molecular flexibility index (Phi) is 7.16.